The predicted molar refractivity (Wildman–Crippen MR) is 430 cm³/mol. The van der Waals surface area contributed by atoms with Crippen molar-refractivity contribution >= 4 is 125 Å². The zero-order valence-corrected chi connectivity index (χ0v) is 93.7. The van der Waals surface area contributed by atoms with Gasteiger partial charge in [-0.1, -0.05) is 0 Å². The first-order valence-corrected chi connectivity index (χ1v) is 46.5. The van der Waals surface area contributed by atoms with Gasteiger partial charge in [-0.25, -0.2) is 44.3 Å². The first-order chi connectivity index (χ1) is 62.3. The van der Waals surface area contributed by atoms with Crippen molar-refractivity contribution in [3.05, 3.63) is 137 Å². The molecule has 6 aliphatic rings. The number of hydrogen-bond acceptors (Lipinski definition) is 56. The second kappa shape index (κ2) is 52.8. The van der Waals surface area contributed by atoms with E-state index < -0.39 is 268 Å². The first-order valence-electron chi connectivity index (χ1n) is 37.7. The maximum absolute atomic E-state index is 13.6. The molecule has 30 atom stereocenters. The zero-order chi connectivity index (χ0) is 95.3. The van der Waals surface area contributed by atoms with Crippen LogP contribution in [0.4, 0.5) is 17.5 Å². The number of nitrogen functional groups attached to an aromatic ring is 3. The van der Waals surface area contributed by atoms with Gasteiger partial charge < -0.3 is 184 Å². The van der Waals surface area contributed by atoms with Gasteiger partial charge in [0.1, 0.15) is 127 Å². The van der Waals surface area contributed by atoms with Crippen LogP contribution in [-0.4, -0.2) is 296 Å². The molecular weight excluding hydrogens is 2120 g/mol. The molecule has 9 aromatic rings. The van der Waals surface area contributed by atoms with Gasteiger partial charge in [-0.2, -0.15) is 41.9 Å². The molecule has 6 fully saturated rings. The minimum absolute atomic E-state index is 0. The topological polar surface area (TPSA) is 920 Å². The van der Waals surface area contributed by atoms with Gasteiger partial charge in [-0.3, -0.25) is 69.2 Å². The number of hydrogen-bond donors (Lipinski definition) is 12. The first kappa shape index (κ1) is 127. The fourth-order valence-electron chi connectivity index (χ4n) is 14.4. The average molecular weight is 2200 g/mol. The van der Waals surface area contributed by atoms with E-state index in [9.17, 15) is 116 Å². The summed E-state index contributed by atoms with van der Waals surface area (Å²) in [6.07, 6.45) is -32.8. The Labute approximate surface area is 928 Å². The van der Waals surface area contributed by atoms with E-state index in [1.165, 1.54) is 17.7 Å². The predicted octanol–water partition coefficient (Wildman–Crippen LogP) is -28.5. The number of phosphoric ester groups is 6. The SMILES string of the molecule is CO[C@@H]1C(O)[C@H](n2ccc(N)nc2=O)O[C@@H]1COP(=O)([O-])O[C@@H]1C(O)[C@H](n2ccc(N)nc2=O)O[C@@H]1COP(=O)([O-])O[C@@H]1C(O)[C@H](n2ccc(N)nc2=O)O[C@@H]1COP(=O)([O-])OC.CO[C@@H]1C(O)[C@H](n2cnc3c(=O)[nH]cnc32)O[C@@H]1COP(=O)([O-])O[C@@H]1C(O)[C@H](n2cnc3c(=O)[nH]cnc32)O[C@@H]1COP(=O)([O-])O[C@@H]1C(O)[C@H](n2cnc3c(=O)[nH]cnc32)O[C@@H]1COP(=O)([O-])OC.S.S.[Na+].[Na+].[Na+].[Na+].[Na+].[Na+]. The molecule has 0 radical (unpaired) electrons. The van der Waals surface area contributed by atoms with Crippen LogP contribution >= 0.6 is 73.9 Å². The Balaban J connectivity index is 0.000000408. The van der Waals surface area contributed by atoms with E-state index in [1.54, 1.807) is 0 Å². The molecule has 0 aromatic carbocycles. The summed E-state index contributed by atoms with van der Waals surface area (Å²) in [6, 6.07) is 3.47. The van der Waals surface area contributed by atoms with Crippen molar-refractivity contribution in [1.82, 2.24) is 87.2 Å². The Morgan fingerprint density at radius 2 is 0.536 bits per heavy atom. The van der Waals surface area contributed by atoms with E-state index >= 15 is 0 Å². The van der Waals surface area contributed by atoms with Gasteiger partial charge in [0, 0.05) is 47.0 Å². The molecule has 0 bridgehead atoms. The van der Waals surface area contributed by atoms with Gasteiger partial charge in [-0.05, 0) is 18.2 Å². The number of fused-ring (bicyclic) bond motifs is 3. The fourth-order valence-corrected chi connectivity index (χ4v) is 19.1. The number of imidazole rings is 3. The largest absolute Gasteiger partial charge is 1.00 e. The van der Waals surface area contributed by atoms with Crippen molar-refractivity contribution in [3.8, 4) is 0 Å². The van der Waals surface area contributed by atoms with E-state index in [-0.39, 0.29) is 255 Å². The van der Waals surface area contributed by atoms with Crippen LogP contribution in [0.5, 0.6) is 0 Å². The number of anilines is 3. The van der Waals surface area contributed by atoms with Gasteiger partial charge in [0.2, 0.25) is 0 Å². The summed E-state index contributed by atoms with van der Waals surface area (Å²) >= 11 is 0. The number of methoxy groups -OCH3 is 2. The van der Waals surface area contributed by atoms with Crippen LogP contribution in [0.1, 0.15) is 37.4 Å². The van der Waals surface area contributed by atoms with Crippen LogP contribution in [0, 0.1) is 0 Å². The number of aliphatic hydroxyl groups is 6. The number of aromatic amines is 3. The molecular formula is C61H79N21Na6O44P6S2. The summed E-state index contributed by atoms with van der Waals surface area (Å²) in [6.45, 7) is -6.36. The third-order valence-corrected chi connectivity index (χ3v) is 26.2. The molecule has 0 saturated carbocycles. The third kappa shape index (κ3) is 29.0. The summed E-state index contributed by atoms with van der Waals surface area (Å²) in [4.78, 5) is 194. The zero-order valence-electron chi connectivity index (χ0n) is 74.3. The van der Waals surface area contributed by atoms with Crippen LogP contribution < -0.4 is 258 Å². The smallest absolute Gasteiger partial charge is 0.756 e. The molecule has 6 saturated heterocycles. The van der Waals surface area contributed by atoms with E-state index in [0.717, 1.165) is 104 Å². The Kier molecular flexibility index (Phi) is 47.7. The van der Waals surface area contributed by atoms with Gasteiger partial charge in [-0.15, -0.1) is 0 Å². The third-order valence-electron chi connectivity index (χ3n) is 20.5. The van der Waals surface area contributed by atoms with Crippen molar-refractivity contribution < 1.29 is 357 Å². The summed E-state index contributed by atoms with van der Waals surface area (Å²) in [7, 11) is -29.0. The number of phosphoric acid groups is 6. The number of ether oxygens (including phenoxy) is 8. The van der Waals surface area contributed by atoms with Crippen molar-refractivity contribution in [2.75, 3.05) is 85.3 Å². The molecule has 6 aliphatic heterocycles. The normalized spacial score (nSPS) is 30.0. The molecule has 65 nitrogen and oxygen atoms in total. The standard InChI is InChI=1S/C32H39N12O22P3.C29H42N9O22P3.6Na.2H2S/c1-57-21-12(62-30(18(21)45)42-9-39-15-24(42)33-6-36-27(15)48)3-60-68(53,54)66-23-14(64-32(20(23)47)44-11-41-17-26(44)35-8-38-29(17)50)5-61-69(55,56)65-22-13(4-59-67(51,52)58-2)63-31(19(22)46)43-10-40-16-25(43)34-7-37-28(16)49;1-51-21-12(56-24(18(21)39)36-6-3-15(30)33-27(36)42)9-54-62(47,48)60-23-14(58-26(20(23)41)38-8-5-17(32)35-29(38)44)11-55-63(49,50)59-22-13(10-53-61(45,46)52-2)57-25(19(22)40)37-7-4-16(31)34-28(37)43;;;;;;;;/h6-14,18-23,30-32,45-47H,3-5H2,1-2H3,(H,51,52)(H,53,54)(H,55,56)(H,33,36,48)(H,34,37,49)(H,35,38,50);3-8,12-14,18-26,39-41H,9-11H2,1-2H3,(H,45,46)(H,47,48)(H,49,50)(H2,30,33,42)(H2,31,34,43)(H2,32,35,44);;;;;;;2*1H2/q;;6*+1;;/p-6/t12-,13-,14-,18?,19?,20?,21+,22+,23+,30-,31-,32-;12-,13-,14-,18?,19?,20?,21+,22+,23+,24-,25-,26-;;;;;;;;/m11......../s1. The van der Waals surface area contributed by atoms with Gasteiger partial charge in [0.05, 0.1) is 77.6 Å². The van der Waals surface area contributed by atoms with E-state index in [0.29, 0.717) is 9.13 Å². The number of aliphatic hydroxyl groups excluding tert-OH is 6. The van der Waals surface area contributed by atoms with E-state index in [1.807, 2.05) is 0 Å². The maximum atomic E-state index is 13.6. The summed E-state index contributed by atoms with van der Waals surface area (Å²) < 4.78 is 187. The van der Waals surface area contributed by atoms with E-state index in [4.69, 9.17) is 95.8 Å². The Morgan fingerprint density at radius 3 is 0.743 bits per heavy atom. The Hall–Kier alpha value is -2.11. The van der Waals surface area contributed by atoms with Crippen molar-refractivity contribution in [1.29, 1.82) is 0 Å². The second-order valence-electron chi connectivity index (χ2n) is 28.6. The number of nitrogens with zero attached hydrogens (tertiary/aromatic N) is 15. The van der Waals surface area contributed by atoms with Crippen molar-refractivity contribution in [2.24, 2.45) is 0 Å². The molecule has 0 spiro atoms. The van der Waals surface area contributed by atoms with Gasteiger partial charge in [0.25, 0.3) is 63.6 Å². The maximum Gasteiger partial charge on any atom is 1.00 e. The molecule has 15 rings (SSSR count). The summed E-state index contributed by atoms with van der Waals surface area (Å²) in [5, 5.41) is 67.3. The number of H-pyrrole nitrogens is 3. The van der Waals surface area contributed by atoms with Crippen LogP contribution in [0.25, 0.3) is 33.5 Å². The molecule has 15 heterocycles. The molecule has 12 unspecified atom stereocenters. The molecule has 9 aromatic heterocycles. The van der Waals surface area contributed by atoms with Crippen molar-refractivity contribution in [3.63, 3.8) is 0 Å². The van der Waals surface area contributed by atoms with Gasteiger partial charge in [0.15, 0.2) is 70.9 Å². The Bertz CT molecular complexity index is 6420. The molecule has 0 amide bonds. The van der Waals surface area contributed by atoms with Gasteiger partial charge >= 0.3 is 194 Å². The van der Waals surface area contributed by atoms with Crippen LogP contribution in [0.3, 0.4) is 0 Å². The molecule has 140 heavy (non-hydrogen) atoms. The summed E-state index contributed by atoms with van der Waals surface area (Å²) in [5.74, 6) is -0.623. The Morgan fingerprint density at radius 1 is 0.336 bits per heavy atom. The molecule has 0 aliphatic carbocycles. The molecule has 740 valence electrons. The van der Waals surface area contributed by atoms with E-state index in [2.05, 4.69) is 73.4 Å². The second-order valence-corrected chi connectivity index (χ2v) is 37.1. The minimum Gasteiger partial charge on any atom is -0.756 e. The van der Waals surface area contributed by atoms with Crippen molar-refractivity contribution in [2.45, 2.75) is 147 Å². The van der Waals surface area contributed by atoms with Crippen LogP contribution in [0.15, 0.2) is 104 Å². The van der Waals surface area contributed by atoms with Crippen LogP contribution in [0.2, 0.25) is 0 Å². The molecule has 79 heteroatoms. The number of aromatic nitrogens is 18. The number of rotatable bonds is 36. The molecule has 15 N–H and O–H groups in total. The fraction of sp³-hybridized carbons (Fsp3) is 0.557. The quantitative estimate of drug-likeness (QED) is 0.0128. The van der Waals surface area contributed by atoms with Crippen LogP contribution in [-0.2, 0) is 120 Å². The minimum atomic E-state index is -5.79. The average Bonchev–Trinajstić information content (AvgIpc) is 1.61. The number of nitrogens with one attached hydrogen (secondary N) is 3. The summed E-state index contributed by atoms with van der Waals surface area (Å²) in [5.41, 5.74) is 10.6. The number of nitrogens with two attached hydrogens (primary N) is 3. The monoisotopic (exact) mass is 2200 g/mol.